The zero-order valence-electron chi connectivity index (χ0n) is 16.4. The number of nitrogens with zero attached hydrogens (tertiary/aromatic N) is 1. The minimum absolute atomic E-state index is 0.0387. The molecule has 9 heteroatoms. The lowest BCUT2D eigenvalue weighted by atomic mass is 10.1. The second-order valence-electron chi connectivity index (χ2n) is 6.51. The van der Waals surface area contributed by atoms with Crippen LogP contribution in [0.3, 0.4) is 0 Å². The van der Waals surface area contributed by atoms with E-state index in [2.05, 4.69) is 10.6 Å². The van der Waals surface area contributed by atoms with Crippen LogP contribution in [0.15, 0.2) is 42.5 Å². The van der Waals surface area contributed by atoms with Gasteiger partial charge in [-0.1, -0.05) is 12.1 Å². The molecule has 0 radical (unpaired) electrons. The Bertz CT molecular complexity index is 880. The number of nitro groups is 1. The van der Waals surface area contributed by atoms with Crippen molar-refractivity contribution in [3.8, 4) is 5.75 Å². The molecule has 2 rings (SSSR count). The van der Waals surface area contributed by atoms with E-state index in [1.54, 1.807) is 24.3 Å². The number of esters is 1. The minimum Gasteiger partial charge on any atom is -0.496 e. The van der Waals surface area contributed by atoms with E-state index in [9.17, 15) is 19.7 Å². The quantitative estimate of drug-likeness (QED) is 0.398. The fourth-order valence-corrected chi connectivity index (χ4v) is 2.47. The van der Waals surface area contributed by atoms with Crippen molar-refractivity contribution in [3.63, 3.8) is 0 Å². The summed E-state index contributed by atoms with van der Waals surface area (Å²) in [6.07, 6.45) is 0. The van der Waals surface area contributed by atoms with Gasteiger partial charge in [-0.05, 0) is 37.6 Å². The van der Waals surface area contributed by atoms with Crippen molar-refractivity contribution in [2.75, 3.05) is 7.11 Å². The summed E-state index contributed by atoms with van der Waals surface area (Å²) in [5.41, 5.74) is 1.42. The van der Waals surface area contributed by atoms with Crippen LogP contribution in [0.1, 0.15) is 35.3 Å². The van der Waals surface area contributed by atoms with Crippen LogP contribution in [-0.4, -0.2) is 30.1 Å². The molecule has 0 atom stereocenters. The van der Waals surface area contributed by atoms with E-state index in [1.807, 2.05) is 13.8 Å². The zero-order chi connectivity index (χ0) is 21.4. The van der Waals surface area contributed by atoms with Crippen LogP contribution >= 0.6 is 0 Å². The topological polar surface area (TPSA) is 120 Å². The molecule has 0 saturated carbocycles. The van der Waals surface area contributed by atoms with Gasteiger partial charge in [0, 0.05) is 30.3 Å². The maximum atomic E-state index is 12.3. The van der Waals surface area contributed by atoms with E-state index in [4.69, 9.17) is 9.47 Å². The standard InChI is InChI=1S/C20H23N3O6/c1-13(2)22-20(25)21-11-14-4-6-15(7-5-14)19(24)29-12-16-10-17(23(26)27)8-9-18(16)28-3/h4-10,13H,11-12H2,1-3H3,(H2,21,22,25). The van der Waals surface area contributed by atoms with Gasteiger partial charge in [0.2, 0.25) is 0 Å². The smallest absolute Gasteiger partial charge is 0.338 e. The lowest BCUT2D eigenvalue weighted by Gasteiger charge is -2.11. The van der Waals surface area contributed by atoms with Crippen LogP contribution in [-0.2, 0) is 17.9 Å². The predicted molar refractivity (Wildman–Crippen MR) is 106 cm³/mol. The highest BCUT2D eigenvalue weighted by atomic mass is 16.6. The maximum absolute atomic E-state index is 12.3. The Labute approximate surface area is 168 Å². The number of hydrogen-bond donors (Lipinski definition) is 2. The van der Waals surface area contributed by atoms with Gasteiger partial charge in [-0.15, -0.1) is 0 Å². The number of non-ortho nitro benzene ring substituents is 1. The van der Waals surface area contributed by atoms with E-state index in [1.165, 1.54) is 25.3 Å². The van der Waals surface area contributed by atoms with Gasteiger partial charge in [-0.25, -0.2) is 9.59 Å². The van der Waals surface area contributed by atoms with E-state index >= 15 is 0 Å². The molecule has 0 saturated heterocycles. The molecular weight excluding hydrogens is 378 g/mol. The molecule has 0 aliphatic heterocycles. The first-order valence-electron chi connectivity index (χ1n) is 8.92. The monoisotopic (exact) mass is 401 g/mol. The highest BCUT2D eigenvalue weighted by Crippen LogP contribution is 2.25. The van der Waals surface area contributed by atoms with Gasteiger partial charge in [-0.3, -0.25) is 10.1 Å². The third-order valence-corrected chi connectivity index (χ3v) is 3.90. The largest absolute Gasteiger partial charge is 0.496 e. The summed E-state index contributed by atoms with van der Waals surface area (Å²) in [7, 11) is 1.43. The SMILES string of the molecule is COc1ccc([N+](=O)[O-])cc1COC(=O)c1ccc(CNC(=O)NC(C)C)cc1. The van der Waals surface area contributed by atoms with E-state index in [0.29, 0.717) is 23.4 Å². The average molecular weight is 401 g/mol. The summed E-state index contributed by atoms with van der Waals surface area (Å²) >= 11 is 0. The Balaban J connectivity index is 1.95. The number of carbonyl (C=O) groups excluding carboxylic acids is 2. The van der Waals surface area contributed by atoms with Crippen LogP contribution in [0, 0.1) is 10.1 Å². The van der Waals surface area contributed by atoms with Gasteiger partial charge in [0.15, 0.2) is 0 Å². The molecular formula is C20H23N3O6. The molecule has 9 nitrogen and oxygen atoms in total. The van der Waals surface area contributed by atoms with Crippen LogP contribution in [0.25, 0.3) is 0 Å². The fraction of sp³-hybridized carbons (Fsp3) is 0.300. The number of carbonyl (C=O) groups is 2. The number of methoxy groups -OCH3 is 1. The molecule has 154 valence electrons. The third kappa shape index (κ3) is 6.49. The molecule has 2 aromatic rings. The molecule has 0 aliphatic rings. The molecule has 2 amide bonds. The Morgan fingerprint density at radius 1 is 1.14 bits per heavy atom. The number of hydrogen-bond acceptors (Lipinski definition) is 6. The summed E-state index contributed by atoms with van der Waals surface area (Å²) in [4.78, 5) is 34.2. The maximum Gasteiger partial charge on any atom is 0.338 e. The number of urea groups is 1. The number of ether oxygens (including phenoxy) is 2. The second kappa shape index (κ2) is 10.1. The molecule has 0 unspecified atom stereocenters. The van der Waals surface area contributed by atoms with Crippen molar-refractivity contribution in [2.24, 2.45) is 0 Å². The molecule has 0 bridgehead atoms. The number of amides is 2. The van der Waals surface area contributed by atoms with Crippen LogP contribution in [0.2, 0.25) is 0 Å². The van der Waals surface area contributed by atoms with Gasteiger partial charge in [0.25, 0.3) is 5.69 Å². The van der Waals surface area contributed by atoms with Crippen LogP contribution < -0.4 is 15.4 Å². The van der Waals surface area contributed by atoms with Crippen LogP contribution in [0.5, 0.6) is 5.75 Å². The summed E-state index contributed by atoms with van der Waals surface area (Å²) in [6, 6.07) is 10.4. The van der Waals surface area contributed by atoms with Crippen molar-refractivity contribution in [3.05, 3.63) is 69.3 Å². The van der Waals surface area contributed by atoms with E-state index < -0.39 is 10.9 Å². The lowest BCUT2D eigenvalue weighted by molar-refractivity contribution is -0.385. The summed E-state index contributed by atoms with van der Waals surface area (Å²) in [6.45, 7) is 3.88. The van der Waals surface area contributed by atoms with Crippen molar-refractivity contribution < 1.29 is 24.0 Å². The fourth-order valence-electron chi connectivity index (χ4n) is 2.47. The van der Waals surface area contributed by atoms with Gasteiger partial charge >= 0.3 is 12.0 Å². The average Bonchev–Trinajstić information content (AvgIpc) is 2.70. The predicted octanol–water partition coefficient (Wildman–Crippen LogP) is 3.17. The Morgan fingerprint density at radius 3 is 2.41 bits per heavy atom. The third-order valence-electron chi connectivity index (χ3n) is 3.90. The number of nitro benzene ring substituents is 1. The molecule has 2 N–H and O–H groups in total. The van der Waals surface area contributed by atoms with E-state index in [0.717, 1.165) is 5.56 Å². The molecule has 2 aromatic carbocycles. The molecule has 0 fully saturated rings. The van der Waals surface area contributed by atoms with Crippen molar-refractivity contribution in [2.45, 2.75) is 33.0 Å². The van der Waals surface area contributed by atoms with Gasteiger partial charge in [0.05, 0.1) is 17.6 Å². The molecule has 0 spiro atoms. The first-order chi connectivity index (χ1) is 13.8. The summed E-state index contributed by atoms with van der Waals surface area (Å²) in [5, 5.41) is 16.4. The van der Waals surface area contributed by atoms with E-state index in [-0.39, 0.29) is 24.4 Å². The molecule has 0 aromatic heterocycles. The number of benzene rings is 2. The summed E-state index contributed by atoms with van der Waals surface area (Å²) < 4.78 is 10.4. The normalized spacial score (nSPS) is 10.3. The van der Waals surface area contributed by atoms with Gasteiger partial charge in [0.1, 0.15) is 12.4 Å². The molecule has 0 aliphatic carbocycles. The van der Waals surface area contributed by atoms with Gasteiger partial charge < -0.3 is 20.1 Å². The molecule has 29 heavy (non-hydrogen) atoms. The first-order valence-corrected chi connectivity index (χ1v) is 8.92. The van der Waals surface area contributed by atoms with Crippen LogP contribution in [0.4, 0.5) is 10.5 Å². The lowest BCUT2D eigenvalue weighted by Crippen LogP contribution is -2.39. The highest BCUT2D eigenvalue weighted by Gasteiger charge is 2.14. The Kier molecular flexibility index (Phi) is 7.53. The summed E-state index contributed by atoms with van der Waals surface area (Å²) in [5.74, 6) is -0.180. The minimum atomic E-state index is -0.574. The number of rotatable bonds is 8. The zero-order valence-corrected chi connectivity index (χ0v) is 16.4. The van der Waals surface area contributed by atoms with Crippen molar-refractivity contribution in [1.29, 1.82) is 0 Å². The molecule has 0 heterocycles. The second-order valence-corrected chi connectivity index (χ2v) is 6.51. The highest BCUT2D eigenvalue weighted by molar-refractivity contribution is 5.89. The first kappa shape index (κ1) is 21.7. The van der Waals surface area contributed by atoms with Crippen molar-refractivity contribution in [1.82, 2.24) is 10.6 Å². The van der Waals surface area contributed by atoms with Gasteiger partial charge in [-0.2, -0.15) is 0 Å². The Hall–Kier alpha value is -3.62. The van der Waals surface area contributed by atoms with Crippen molar-refractivity contribution >= 4 is 17.7 Å². The Morgan fingerprint density at radius 2 is 1.83 bits per heavy atom. The number of nitrogens with one attached hydrogen (secondary N) is 2.